The summed E-state index contributed by atoms with van der Waals surface area (Å²) in [6.07, 6.45) is 10.8. The average molecular weight is 385 g/mol. The molecule has 3 fully saturated rings. The van der Waals surface area contributed by atoms with E-state index in [1.807, 2.05) is 12.4 Å². The fourth-order valence-corrected chi connectivity index (χ4v) is 5.22. The van der Waals surface area contributed by atoms with Crippen molar-refractivity contribution in [2.24, 2.45) is 11.8 Å². The third kappa shape index (κ3) is 4.93. The number of likely N-dealkylation sites (tertiary alicyclic amines) is 3. The highest BCUT2D eigenvalue weighted by atomic mass is 16.2. The topological polar surface area (TPSA) is 39.7 Å². The molecule has 0 N–H and O–H groups in total. The molecule has 0 spiro atoms. The van der Waals surface area contributed by atoms with Gasteiger partial charge in [0, 0.05) is 44.6 Å². The third-order valence-corrected chi connectivity index (χ3v) is 7.13. The number of piperidine rings is 3. The van der Waals surface area contributed by atoms with Gasteiger partial charge in [-0.3, -0.25) is 19.6 Å². The zero-order chi connectivity index (χ0) is 19.3. The van der Waals surface area contributed by atoms with Gasteiger partial charge in [0.05, 0.1) is 5.92 Å². The fourth-order valence-electron chi connectivity index (χ4n) is 5.22. The molecule has 1 aromatic rings. The van der Waals surface area contributed by atoms with Crippen LogP contribution in [0.5, 0.6) is 0 Å². The molecule has 1 unspecified atom stereocenters. The van der Waals surface area contributed by atoms with Crippen LogP contribution in [-0.2, 0) is 11.3 Å². The number of carbonyl (C=O) groups is 1. The molecule has 154 valence electrons. The Labute approximate surface area is 170 Å². The van der Waals surface area contributed by atoms with Gasteiger partial charge in [-0.25, -0.2) is 0 Å². The fraction of sp³-hybridized carbons (Fsp3) is 0.739. The molecule has 3 aliphatic heterocycles. The van der Waals surface area contributed by atoms with Gasteiger partial charge in [0.2, 0.25) is 5.91 Å². The monoisotopic (exact) mass is 384 g/mol. The molecule has 1 aromatic heterocycles. The molecular weight excluding hydrogens is 348 g/mol. The van der Waals surface area contributed by atoms with Crippen LogP contribution in [0.1, 0.15) is 51.0 Å². The summed E-state index contributed by atoms with van der Waals surface area (Å²) in [4.78, 5) is 24.5. The molecule has 1 amide bonds. The van der Waals surface area contributed by atoms with Crippen molar-refractivity contribution < 1.29 is 4.79 Å². The van der Waals surface area contributed by atoms with Crippen LogP contribution in [0.3, 0.4) is 0 Å². The molecule has 28 heavy (non-hydrogen) atoms. The van der Waals surface area contributed by atoms with Crippen LogP contribution >= 0.6 is 0 Å². The van der Waals surface area contributed by atoms with Gasteiger partial charge in [-0.05, 0) is 81.8 Å². The number of rotatable bonds is 4. The van der Waals surface area contributed by atoms with E-state index in [9.17, 15) is 4.79 Å². The van der Waals surface area contributed by atoms with E-state index in [0.29, 0.717) is 11.9 Å². The van der Waals surface area contributed by atoms with Crippen molar-refractivity contribution in [2.75, 3.05) is 39.3 Å². The van der Waals surface area contributed by atoms with Crippen LogP contribution in [0, 0.1) is 11.8 Å². The van der Waals surface area contributed by atoms with Crippen molar-refractivity contribution in [2.45, 2.75) is 58.0 Å². The summed E-state index contributed by atoms with van der Waals surface area (Å²) in [6, 6.07) is 4.90. The van der Waals surface area contributed by atoms with Crippen LogP contribution < -0.4 is 0 Å². The second kappa shape index (κ2) is 9.36. The highest BCUT2D eigenvalue weighted by Crippen LogP contribution is 2.27. The Hall–Kier alpha value is -1.46. The van der Waals surface area contributed by atoms with Gasteiger partial charge in [0.25, 0.3) is 0 Å². The van der Waals surface area contributed by atoms with E-state index in [1.165, 1.54) is 44.2 Å². The molecule has 1 atom stereocenters. The quantitative estimate of drug-likeness (QED) is 0.800. The van der Waals surface area contributed by atoms with Crippen molar-refractivity contribution in [1.29, 1.82) is 0 Å². The summed E-state index contributed by atoms with van der Waals surface area (Å²) in [5.41, 5.74) is 1.35. The van der Waals surface area contributed by atoms with Gasteiger partial charge >= 0.3 is 0 Å². The van der Waals surface area contributed by atoms with E-state index in [4.69, 9.17) is 0 Å². The Morgan fingerprint density at radius 1 is 1.00 bits per heavy atom. The number of aromatic nitrogens is 1. The Morgan fingerprint density at radius 3 is 2.43 bits per heavy atom. The van der Waals surface area contributed by atoms with Crippen LogP contribution in [0.2, 0.25) is 0 Å². The van der Waals surface area contributed by atoms with E-state index in [1.54, 1.807) is 0 Å². The lowest BCUT2D eigenvalue weighted by atomic mass is 9.91. The second-order valence-corrected chi connectivity index (χ2v) is 9.20. The Balaban J connectivity index is 1.25. The summed E-state index contributed by atoms with van der Waals surface area (Å²) < 4.78 is 0. The van der Waals surface area contributed by atoms with Crippen molar-refractivity contribution in [1.82, 2.24) is 19.7 Å². The van der Waals surface area contributed by atoms with Gasteiger partial charge in [0.1, 0.15) is 0 Å². The van der Waals surface area contributed by atoms with E-state index in [-0.39, 0.29) is 5.92 Å². The standard InChI is InChI=1S/C23H36N4O/c1-19-6-15-26(16-7-19)23(28)21-3-2-12-27(18-21)22-8-13-25(14-9-22)17-20-4-10-24-11-5-20/h4-5,10-11,19,21-22H,2-3,6-9,12-18H2,1H3. The maximum Gasteiger partial charge on any atom is 0.226 e. The molecule has 4 heterocycles. The van der Waals surface area contributed by atoms with Crippen LogP contribution in [-0.4, -0.2) is 70.9 Å². The minimum atomic E-state index is 0.233. The first kappa shape index (κ1) is 19.8. The smallest absolute Gasteiger partial charge is 0.226 e. The molecule has 0 aliphatic carbocycles. The third-order valence-electron chi connectivity index (χ3n) is 7.13. The minimum Gasteiger partial charge on any atom is -0.342 e. The maximum atomic E-state index is 13.0. The van der Waals surface area contributed by atoms with Crippen LogP contribution in [0.15, 0.2) is 24.5 Å². The van der Waals surface area contributed by atoms with E-state index < -0.39 is 0 Å². The lowest BCUT2D eigenvalue weighted by Crippen LogP contribution is -2.51. The van der Waals surface area contributed by atoms with Gasteiger partial charge in [-0.15, -0.1) is 0 Å². The van der Waals surface area contributed by atoms with Gasteiger partial charge < -0.3 is 4.90 Å². The first-order valence-corrected chi connectivity index (χ1v) is 11.3. The Bertz CT molecular complexity index is 621. The highest BCUT2D eigenvalue weighted by molar-refractivity contribution is 5.79. The predicted octanol–water partition coefficient (Wildman–Crippen LogP) is 3.02. The summed E-state index contributed by atoms with van der Waals surface area (Å²) >= 11 is 0. The molecule has 5 heteroatoms. The number of nitrogens with zero attached hydrogens (tertiary/aromatic N) is 4. The van der Waals surface area contributed by atoms with E-state index in [0.717, 1.165) is 51.6 Å². The zero-order valence-corrected chi connectivity index (χ0v) is 17.4. The Morgan fingerprint density at radius 2 is 1.71 bits per heavy atom. The number of hydrogen-bond donors (Lipinski definition) is 0. The van der Waals surface area contributed by atoms with E-state index >= 15 is 0 Å². The van der Waals surface area contributed by atoms with Gasteiger partial charge in [-0.1, -0.05) is 6.92 Å². The minimum absolute atomic E-state index is 0.233. The van der Waals surface area contributed by atoms with Crippen LogP contribution in [0.25, 0.3) is 0 Å². The molecule has 3 aliphatic rings. The molecular formula is C23H36N4O. The molecule has 0 bridgehead atoms. The largest absolute Gasteiger partial charge is 0.342 e. The first-order chi connectivity index (χ1) is 13.7. The first-order valence-electron chi connectivity index (χ1n) is 11.3. The van der Waals surface area contributed by atoms with Crippen molar-refractivity contribution in [3.63, 3.8) is 0 Å². The number of amides is 1. The SMILES string of the molecule is CC1CCN(C(=O)C2CCCN(C3CCN(Cc4ccncc4)CC3)C2)CC1. The van der Waals surface area contributed by atoms with Gasteiger partial charge in [-0.2, -0.15) is 0 Å². The maximum absolute atomic E-state index is 13.0. The zero-order valence-electron chi connectivity index (χ0n) is 17.4. The number of carbonyl (C=O) groups excluding carboxylic acids is 1. The van der Waals surface area contributed by atoms with Crippen LogP contribution in [0.4, 0.5) is 0 Å². The van der Waals surface area contributed by atoms with E-state index in [2.05, 4.69) is 38.7 Å². The summed E-state index contributed by atoms with van der Waals surface area (Å²) in [6.45, 7) is 9.77. The molecule has 0 radical (unpaired) electrons. The van der Waals surface area contributed by atoms with Crippen molar-refractivity contribution >= 4 is 5.91 Å². The highest BCUT2D eigenvalue weighted by Gasteiger charge is 2.34. The average Bonchev–Trinajstić information content (AvgIpc) is 2.75. The van der Waals surface area contributed by atoms with Gasteiger partial charge in [0.15, 0.2) is 0 Å². The molecule has 0 saturated carbocycles. The number of pyridine rings is 1. The molecule has 4 rings (SSSR count). The van der Waals surface area contributed by atoms with Crippen molar-refractivity contribution in [3.8, 4) is 0 Å². The molecule has 3 saturated heterocycles. The summed E-state index contributed by atoms with van der Waals surface area (Å²) in [5.74, 6) is 1.45. The molecule has 5 nitrogen and oxygen atoms in total. The summed E-state index contributed by atoms with van der Waals surface area (Å²) in [7, 11) is 0. The number of hydrogen-bond acceptors (Lipinski definition) is 4. The lowest BCUT2D eigenvalue weighted by Gasteiger charge is -2.43. The second-order valence-electron chi connectivity index (χ2n) is 9.20. The Kier molecular flexibility index (Phi) is 6.63. The summed E-state index contributed by atoms with van der Waals surface area (Å²) in [5, 5.41) is 0. The predicted molar refractivity (Wildman–Crippen MR) is 112 cm³/mol. The lowest BCUT2D eigenvalue weighted by molar-refractivity contribution is -0.139. The van der Waals surface area contributed by atoms with Crippen molar-refractivity contribution in [3.05, 3.63) is 30.1 Å². The normalized spacial score (nSPS) is 26.5. The molecule has 0 aromatic carbocycles.